The highest BCUT2D eigenvalue weighted by molar-refractivity contribution is 6.02. The standard InChI is InChI=1S/C29H33N3O4/c1-6-19(2)23-10-12-24(13-11-23)35-18-26-14-15-27(36-26)29(33)30-28-20(3)31-32(21(28)4)17-22-8-7-9-25(16-22)34-5/h7-16,19H,6,17-18H2,1-5H3,(H,30,33). The molecule has 0 aliphatic heterocycles. The lowest BCUT2D eigenvalue weighted by molar-refractivity contribution is 0.0992. The van der Waals surface area contributed by atoms with Crippen molar-refractivity contribution in [2.24, 2.45) is 0 Å². The number of nitrogens with one attached hydrogen (secondary N) is 1. The predicted octanol–water partition coefficient (Wildman–Crippen LogP) is 6.49. The first kappa shape index (κ1) is 25.1. The number of rotatable bonds is 10. The maximum atomic E-state index is 12.9. The number of hydrogen-bond acceptors (Lipinski definition) is 5. The maximum absolute atomic E-state index is 12.9. The van der Waals surface area contributed by atoms with E-state index >= 15 is 0 Å². The van der Waals surface area contributed by atoms with Gasteiger partial charge in [0.1, 0.15) is 23.9 Å². The molecule has 1 amide bonds. The summed E-state index contributed by atoms with van der Waals surface area (Å²) in [6.45, 7) is 9.01. The van der Waals surface area contributed by atoms with Crippen LogP contribution in [0.1, 0.15) is 65.0 Å². The van der Waals surface area contributed by atoms with E-state index in [-0.39, 0.29) is 18.3 Å². The smallest absolute Gasteiger partial charge is 0.291 e. The molecule has 0 radical (unpaired) electrons. The summed E-state index contributed by atoms with van der Waals surface area (Å²) in [5.41, 5.74) is 4.63. The van der Waals surface area contributed by atoms with E-state index in [2.05, 4.69) is 36.4 Å². The number of carbonyl (C=O) groups is 1. The van der Waals surface area contributed by atoms with Crippen LogP contribution in [0.5, 0.6) is 11.5 Å². The van der Waals surface area contributed by atoms with Gasteiger partial charge >= 0.3 is 0 Å². The molecule has 0 aliphatic carbocycles. The molecule has 1 unspecified atom stereocenters. The number of nitrogens with zero attached hydrogens (tertiary/aromatic N) is 2. The minimum Gasteiger partial charge on any atom is -0.497 e. The molecule has 4 aromatic rings. The van der Waals surface area contributed by atoms with Gasteiger partial charge in [0.25, 0.3) is 5.91 Å². The van der Waals surface area contributed by atoms with Crippen molar-refractivity contribution >= 4 is 11.6 Å². The van der Waals surface area contributed by atoms with Crippen LogP contribution in [0.3, 0.4) is 0 Å². The van der Waals surface area contributed by atoms with Crippen molar-refractivity contribution in [3.63, 3.8) is 0 Å². The molecule has 0 aliphatic rings. The number of benzene rings is 2. The van der Waals surface area contributed by atoms with Crippen molar-refractivity contribution in [3.8, 4) is 11.5 Å². The topological polar surface area (TPSA) is 78.5 Å². The molecule has 7 heteroatoms. The van der Waals surface area contributed by atoms with Gasteiger partial charge in [-0.05, 0) is 73.7 Å². The Balaban J connectivity index is 1.38. The Morgan fingerprint density at radius 1 is 1.08 bits per heavy atom. The number of aryl methyl sites for hydroxylation is 1. The number of anilines is 1. The second kappa shape index (κ2) is 11.2. The van der Waals surface area contributed by atoms with Crippen LogP contribution in [0.4, 0.5) is 5.69 Å². The molecule has 0 spiro atoms. The summed E-state index contributed by atoms with van der Waals surface area (Å²) in [4.78, 5) is 12.9. The molecule has 2 aromatic carbocycles. The molecule has 2 heterocycles. The lowest BCUT2D eigenvalue weighted by Crippen LogP contribution is -2.12. The molecule has 0 saturated carbocycles. The molecular weight excluding hydrogens is 454 g/mol. The summed E-state index contributed by atoms with van der Waals surface area (Å²) < 4.78 is 18.8. The molecule has 1 N–H and O–H groups in total. The van der Waals surface area contributed by atoms with E-state index in [0.717, 1.165) is 34.9 Å². The minimum absolute atomic E-state index is 0.222. The van der Waals surface area contributed by atoms with Crippen LogP contribution in [-0.4, -0.2) is 22.8 Å². The van der Waals surface area contributed by atoms with Crippen LogP contribution in [0.25, 0.3) is 0 Å². The lowest BCUT2D eigenvalue weighted by Gasteiger charge is -2.10. The summed E-state index contributed by atoms with van der Waals surface area (Å²) in [6.07, 6.45) is 1.10. The van der Waals surface area contributed by atoms with Gasteiger partial charge in [-0.1, -0.05) is 38.1 Å². The maximum Gasteiger partial charge on any atom is 0.291 e. The summed E-state index contributed by atoms with van der Waals surface area (Å²) in [6, 6.07) is 19.4. The van der Waals surface area contributed by atoms with Crippen LogP contribution in [0, 0.1) is 13.8 Å². The average Bonchev–Trinajstić information content (AvgIpc) is 3.48. The first-order valence-electron chi connectivity index (χ1n) is 12.2. The van der Waals surface area contributed by atoms with Crippen LogP contribution >= 0.6 is 0 Å². The van der Waals surface area contributed by atoms with Crippen molar-refractivity contribution in [2.45, 2.75) is 53.2 Å². The van der Waals surface area contributed by atoms with Crippen molar-refractivity contribution < 1.29 is 18.7 Å². The number of hydrogen-bond donors (Lipinski definition) is 1. The number of aromatic nitrogens is 2. The van der Waals surface area contributed by atoms with Crippen molar-refractivity contribution in [3.05, 3.63) is 94.7 Å². The van der Waals surface area contributed by atoms with Gasteiger partial charge in [0.15, 0.2) is 5.76 Å². The third-order valence-corrected chi connectivity index (χ3v) is 6.41. The van der Waals surface area contributed by atoms with Gasteiger partial charge in [-0.15, -0.1) is 0 Å². The van der Waals surface area contributed by atoms with Gasteiger partial charge < -0.3 is 19.2 Å². The van der Waals surface area contributed by atoms with E-state index in [1.54, 1.807) is 19.2 Å². The fourth-order valence-corrected chi connectivity index (χ4v) is 4.01. The molecule has 4 rings (SSSR count). The zero-order valence-electron chi connectivity index (χ0n) is 21.5. The van der Waals surface area contributed by atoms with Crippen LogP contribution < -0.4 is 14.8 Å². The first-order valence-corrected chi connectivity index (χ1v) is 12.2. The fourth-order valence-electron chi connectivity index (χ4n) is 4.01. The Labute approximate surface area is 212 Å². The number of furan rings is 1. The molecule has 0 fully saturated rings. The minimum atomic E-state index is -0.328. The summed E-state index contributed by atoms with van der Waals surface area (Å²) in [7, 11) is 1.65. The van der Waals surface area contributed by atoms with Crippen molar-refractivity contribution in [1.82, 2.24) is 9.78 Å². The van der Waals surface area contributed by atoms with E-state index in [9.17, 15) is 4.79 Å². The molecule has 1 atom stereocenters. The summed E-state index contributed by atoms with van der Waals surface area (Å²) in [5.74, 6) is 2.55. The Kier molecular flexibility index (Phi) is 7.78. The zero-order valence-corrected chi connectivity index (χ0v) is 21.5. The van der Waals surface area contributed by atoms with Gasteiger partial charge in [-0.25, -0.2) is 0 Å². The summed E-state index contributed by atoms with van der Waals surface area (Å²) in [5, 5.41) is 7.56. The third kappa shape index (κ3) is 5.79. The Morgan fingerprint density at radius 3 is 2.58 bits per heavy atom. The summed E-state index contributed by atoms with van der Waals surface area (Å²) >= 11 is 0. The monoisotopic (exact) mass is 487 g/mol. The number of carbonyl (C=O) groups excluding carboxylic acids is 1. The number of ether oxygens (including phenoxy) is 2. The average molecular weight is 488 g/mol. The highest BCUT2D eigenvalue weighted by Gasteiger charge is 2.18. The highest BCUT2D eigenvalue weighted by Crippen LogP contribution is 2.24. The van der Waals surface area contributed by atoms with Crippen LogP contribution in [-0.2, 0) is 13.2 Å². The molecule has 0 saturated heterocycles. The molecule has 7 nitrogen and oxygen atoms in total. The van der Waals surface area contributed by atoms with E-state index in [4.69, 9.17) is 13.9 Å². The van der Waals surface area contributed by atoms with E-state index in [1.165, 1.54) is 5.56 Å². The van der Waals surface area contributed by atoms with Crippen LogP contribution in [0.2, 0.25) is 0 Å². The Bertz CT molecular complexity index is 1320. The largest absolute Gasteiger partial charge is 0.497 e. The van der Waals surface area contributed by atoms with E-state index < -0.39 is 0 Å². The van der Waals surface area contributed by atoms with Gasteiger partial charge in [-0.2, -0.15) is 5.10 Å². The van der Waals surface area contributed by atoms with Gasteiger partial charge in [0.05, 0.1) is 30.7 Å². The van der Waals surface area contributed by atoms with Crippen LogP contribution in [0.15, 0.2) is 65.1 Å². The quantitative estimate of drug-likeness (QED) is 0.276. The fraction of sp³-hybridized carbons (Fsp3) is 0.310. The second-order valence-electron chi connectivity index (χ2n) is 8.94. The van der Waals surface area contributed by atoms with Crippen molar-refractivity contribution in [2.75, 3.05) is 12.4 Å². The van der Waals surface area contributed by atoms with Gasteiger partial charge in [0, 0.05) is 0 Å². The Hall–Kier alpha value is -4.00. The predicted molar refractivity (Wildman–Crippen MR) is 140 cm³/mol. The second-order valence-corrected chi connectivity index (χ2v) is 8.94. The lowest BCUT2D eigenvalue weighted by atomic mass is 9.99. The molecule has 36 heavy (non-hydrogen) atoms. The Morgan fingerprint density at radius 2 is 1.86 bits per heavy atom. The molecular formula is C29H33N3O4. The van der Waals surface area contributed by atoms with E-state index in [1.807, 2.05) is 54.9 Å². The highest BCUT2D eigenvalue weighted by atomic mass is 16.5. The third-order valence-electron chi connectivity index (χ3n) is 6.41. The SMILES string of the molecule is CCC(C)c1ccc(OCc2ccc(C(=O)Nc3c(C)nn(Cc4cccc(OC)c4)c3C)o2)cc1. The number of amides is 1. The van der Waals surface area contributed by atoms with Gasteiger partial charge in [-0.3, -0.25) is 9.48 Å². The molecule has 188 valence electrons. The van der Waals surface area contributed by atoms with E-state index in [0.29, 0.717) is 23.9 Å². The zero-order chi connectivity index (χ0) is 25.7. The normalized spacial score (nSPS) is 11.8. The molecule has 2 aromatic heterocycles. The molecule has 0 bridgehead atoms. The number of methoxy groups -OCH3 is 1. The first-order chi connectivity index (χ1) is 17.4. The van der Waals surface area contributed by atoms with Gasteiger partial charge in [0.2, 0.25) is 0 Å². The van der Waals surface area contributed by atoms with Crippen molar-refractivity contribution in [1.29, 1.82) is 0 Å².